The van der Waals surface area contributed by atoms with E-state index in [4.69, 9.17) is 0 Å². The third-order valence-electron chi connectivity index (χ3n) is 5.57. The Morgan fingerprint density at radius 2 is 2.12 bits per heavy atom. The van der Waals surface area contributed by atoms with Gasteiger partial charge in [-0.25, -0.2) is 14.6 Å². The molecule has 0 radical (unpaired) electrons. The molecule has 2 aromatic heterocycles. The molecule has 1 aliphatic carbocycles. The number of benzene rings is 1. The van der Waals surface area contributed by atoms with E-state index in [0.717, 1.165) is 36.2 Å². The summed E-state index contributed by atoms with van der Waals surface area (Å²) in [5, 5.41) is 18.7. The molecular formula is C18H25N7O. The second-order valence-corrected chi connectivity index (χ2v) is 7.28. The van der Waals surface area contributed by atoms with Gasteiger partial charge < -0.3 is 5.32 Å². The molecule has 1 aromatic carbocycles. The van der Waals surface area contributed by atoms with Crippen LogP contribution in [0.1, 0.15) is 37.1 Å². The molecule has 0 saturated heterocycles. The molecule has 0 aliphatic heterocycles. The summed E-state index contributed by atoms with van der Waals surface area (Å²) >= 11 is 0. The molecule has 2 N–H and O–H groups in total. The van der Waals surface area contributed by atoms with E-state index in [1.807, 2.05) is 7.05 Å². The maximum absolute atomic E-state index is 11.6. The highest BCUT2D eigenvalue weighted by atomic mass is 16.1. The first kappa shape index (κ1) is 17.0. The van der Waals surface area contributed by atoms with Crippen LogP contribution in [0.3, 0.4) is 0 Å². The first-order valence-electron chi connectivity index (χ1n) is 9.24. The van der Waals surface area contributed by atoms with E-state index in [9.17, 15) is 4.79 Å². The lowest BCUT2D eigenvalue weighted by Crippen LogP contribution is -2.39. The van der Waals surface area contributed by atoms with Gasteiger partial charge in [0.15, 0.2) is 0 Å². The van der Waals surface area contributed by atoms with Gasteiger partial charge in [0.05, 0.1) is 5.52 Å². The minimum atomic E-state index is -0.141. The largest absolute Gasteiger partial charge is 0.343 e. The molecule has 1 saturated carbocycles. The van der Waals surface area contributed by atoms with Crippen LogP contribution in [0.25, 0.3) is 11.0 Å². The fraction of sp³-hybridized carbons (Fsp3) is 0.556. The van der Waals surface area contributed by atoms with E-state index in [2.05, 4.69) is 44.0 Å². The molecule has 2 heterocycles. The summed E-state index contributed by atoms with van der Waals surface area (Å²) in [6.45, 7) is 0.813. The van der Waals surface area contributed by atoms with E-state index >= 15 is 0 Å². The smallest absolute Gasteiger partial charge is 0.310 e. The van der Waals surface area contributed by atoms with Gasteiger partial charge in [0.25, 0.3) is 0 Å². The van der Waals surface area contributed by atoms with E-state index in [-0.39, 0.29) is 5.69 Å². The second kappa shape index (κ2) is 7.03. The molecular weight excluding hydrogens is 330 g/mol. The molecule has 0 spiro atoms. The third-order valence-corrected chi connectivity index (χ3v) is 5.57. The predicted octanol–water partition coefficient (Wildman–Crippen LogP) is 1.28. The first-order valence-corrected chi connectivity index (χ1v) is 9.24. The maximum Gasteiger partial charge on any atom is 0.343 e. The topological polar surface area (TPSA) is 93.4 Å². The molecule has 0 amide bonds. The van der Waals surface area contributed by atoms with E-state index < -0.39 is 0 Å². The number of aryl methyl sites for hydroxylation is 1. The zero-order valence-electron chi connectivity index (χ0n) is 15.3. The monoisotopic (exact) mass is 355 g/mol. The summed E-state index contributed by atoms with van der Waals surface area (Å²) in [6.07, 6.45) is 5.65. The van der Waals surface area contributed by atoms with Crippen molar-refractivity contribution in [2.45, 2.75) is 44.7 Å². The molecule has 26 heavy (non-hydrogen) atoms. The third kappa shape index (κ3) is 3.29. The van der Waals surface area contributed by atoms with Crippen LogP contribution in [-0.2, 0) is 27.1 Å². The Hall–Kier alpha value is -2.48. The predicted molar refractivity (Wildman–Crippen MR) is 98.6 cm³/mol. The van der Waals surface area contributed by atoms with Gasteiger partial charge in [-0.05, 0) is 36.5 Å². The number of hydrogen-bond donors (Lipinski definition) is 2. The molecule has 4 rings (SSSR count). The first-order chi connectivity index (χ1) is 12.6. The molecule has 138 valence electrons. The quantitative estimate of drug-likeness (QED) is 0.719. The van der Waals surface area contributed by atoms with Crippen LogP contribution >= 0.6 is 0 Å². The van der Waals surface area contributed by atoms with Crippen molar-refractivity contribution in [3.05, 3.63) is 40.1 Å². The van der Waals surface area contributed by atoms with Crippen LogP contribution in [0.2, 0.25) is 0 Å². The van der Waals surface area contributed by atoms with Crippen LogP contribution < -0.4 is 11.0 Å². The molecule has 8 heteroatoms. The maximum atomic E-state index is 11.6. The van der Waals surface area contributed by atoms with Gasteiger partial charge in [-0.3, -0.25) is 4.57 Å². The van der Waals surface area contributed by atoms with Gasteiger partial charge in [-0.15, -0.1) is 5.10 Å². The lowest BCUT2D eigenvalue weighted by molar-refractivity contribution is 0.255. The Bertz CT molecular complexity index is 954. The Balaban J connectivity index is 1.44. The van der Waals surface area contributed by atoms with Crippen molar-refractivity contribution in [3.63, 3.8) is 0 Å². The number of rotatable bonds is 5. The van der Waals surface area contributed by atoms with Gasteiger partial charge in [-0.2, -0.15) is 5.10 Å². The van der Waals surface area contributed by atoms with Gasteiger partial charge in [0.2, 0.25) is 0 Å². The lowest BCUT2D eigenvalue weighted by Gasteiger charge is -2.32. The summed E-state index contributed by atoms with van der Waals surface area (Å²) in [5.41, 5.74) is 3.05. The molecule has 1 aliphatic rings. The number of nitrogens with zero attached hydrogens (tertiary/aromatic N) is 5. The van der Waals surface area contributed by atoms with E-state index in [1.54, 1.807) is 16.3 Å². The summed E-state index contributed by atoms with van der Waals surface area (Å²) in [5.74, 6) is 1.34. The average Bonchev–Trinajstić information content (AvgIpc) is 3.18. The molecule has 1 fully saturated rings. The Labute approximate surface area is 151 Å². The van der Waals surface area contributed by atoms with Crippen molar-refractivity contribution in [1.82, 2.24) is 35.1 Å². The second-order valence-electron chi connectivity index (χ2n) is 7.28. The highest BCUT2D eigenvalue weighted by molar-refractivity contribution is 5.74. The van der Waals surface area contributed by atoms with Crippen molar-refractivity contribution >= 4 is 11.0 Å². The summed E-state index contributed by atoms with van der Waals surface area (Å²) in [7, 11) is 3.69. The molecule has 3 aromatic rings. The number of H-pyrrole nitrogens is 1. The van der Waals surface area contributed by atoms with Gasteiger partial charge >= 0.3 is 5.69 Å². The normalized spacial score (nSPS) is 20.7. The SMILES string of the molecule is Cn1c(C[C@@H]2CCCC[C@H]2NCc2ccc3c(c2)nnn3C)n[nH]c1=O. The fourth-order valence-corrected chi connectivity index (χ4v) is 3.96. The minimum absolute atomic E-state index is 0.141. The van der Waals surface area contributed by atoms with Gasteiger partial charge in [0.1, 0.15) is 11.3 Å². The number of aromatic amines is 1. The Morgan fingerprint density at radius 3 is 2.92 bits per heavy atom. The van der Waals surface area contributed by atoms with Crippen molar-refractivity contribution in [1.29, 1.82) is 0 Å². The minimum Gasteiger partial charge on any atom is -0.310 e. The summed E-state index contributed by atoms with van der Waals surface area (Å²) in [4.78, 5) is 11.6. The number of fused-ring (bicyclic) bond motifs is 1. The van der Waals surface area contributed by atoms with Crippen LogP contribution in [0.5, 0.6) is 0 Å². The Morgan fingerprint density at radius 1 is 1.27 bits per heavy atom. The summed E-state index contributed by atoms with van der Waals surface area (Å²) in [6, 6.07) is 6.75. The van der Waals surface area contributed by atoms with Crippen LogP contribution in [0.15, 0.2) is 23.0 Å². The zero-order valence-corrected chi connectivity index (χ0v) is 15.3. The van der Waals surface area contributed by atoms with E-state index in [0.29, 0.717) is 12.0 Å². The van der Waals surface area contributed by atoms with Crippen molar-refractivity contribution in [2.75, 3.05) is 0 Å². The van der Waals surface area contributed by atoms with Crippen molar-refractivity contribution in [3.8, 4) is 0 Å². The molecule has 2 atom stereocenters. The fourth-order valence-electron chi connectivity index (χ4n) is 3.96. The molecule has 0 bridgehead atoms. The average molecular weight is 355 g/mol. The van der Waals surface area contributed by atoms with Gasteiger partial charge in [-0.1, -0.05) is 24.1 Å². The number of nitrogens with one attached hydrogen (secondary N) is 2. The van der Waals surface area contributed by atoms with Crippen molar-refractivity contribution in [2.24, 2.45) is 20.0 Å². The van der Waals surface area contributed by atoms with Crippen LogP contribution in [0.4, 0.5) is 0 Å². The highest BCUT2D eigenvalue weighted by Gasteiger charge is 2.26. The lowest BCUT2D eigenvalue weighted by atomic mass is 9.82. The van der Waals surface area contributed by atoms with E-state index in [1.165, 1.54) is 24.8 Å². The molecule has 0 unspecified atom stereocenters. The van der Waals surface area contributed by atoms with Crippen molar-refractivity contribution < 1.29 is 0 Å². The zero-order chi connectivity index (χ0) is 18.1. The highest BCUT2D eigenvalue weighted by Crippen LogP contribution is 2.27. The van der Waals surface area contributed by atoms with Gasteiger partial charge in [0, 0.05) is 33.1 Å². The summed E-state index contributed by atoms with van der Waals surface area (Å²) < 4.78 is 3.41. The van der Waals surface area contributed by atoms with Crippen LogP contribution in [-0.4, -0.2) is 35.8 Å². The molecule has 8 nitrogen and oxygen atoms in total. The number of hydrogen-bond acceptors (Lipinski definition) is 5. The standard InChI is InChI=1S/C18H25N7O/c1-24-17(21-22-18(24)26)10-13-5-3-4-6-14(13)19-11-12-7-8-16-15(9-12)20-23-25(16)2/h7-9,13-14,19H,3-6,10-11H2,1-2H3,(H,22,26)/t13-,14+/m0/s1. The van der Waals surface area contributed by atoms with Crippen LogP contribution in [0, 0.1) is 5.92 Å². The number of aromatic nitrogens is 6. The Kier molecular flexibility index (Phi) is 4.58.